The van der Waals surface area contributed by atoms with Crippen molar-refractivity contribution in [2.45, 2.75) is 108 Å². The van der Waals surface area contributed by atoms with Gasteiger partial charge in [0.15, 0.2) is 27.2 Å². The number of hydrogen-bond acceptors (Lipinski definition) is 22. The van der Waals surface area contributed by atoms with Crippen molar-refractivity contribution in [1.82, 2.24) is 43.8 Å². The highest BCUT2D eigenvalue weighted by atomic mass is 32.2. The molecule has 722 valence electrons. The zero-order chi connectivity index (χ0) is 100.0. The number of amides is 2. The van der Waals surface area contributed by atoms with Crippen molar-refractivity contribution in [2.75, 3.05) is 46.4 Å². The number of para-hydroxylation sites is 2. The molecule has 0 atom stereocenters. The van der Waals surface area contributed by atoms with E-state index in [0.717, 1.165) is 55.7 Å². The number of benzene rings is 10. The van der Waals surface area contributed by atoms with E-state index in [0.29, 0.717) is 121 Å². The van der Waals surface area contributed by atoms with Crippen molar-refractivity contribution in [3.8, 4) is 17.2 Å². The molecular weight excluding hydrogens is 1840 g/mol. The molecule has 0 unspecified atom stereocenters. The normalized spacial score (nSPS) is 12.1. The maximum Gasteiger partial charge on any atom is 0.419 e. The number of hydrogen-bond donors (Lipinski definition) is 7. The average Bonchev–Trinajstić information content (AvgIpc) is 0.779. The van der Waals surface area contributed by atoms with E-state index in [9.17, 15) is 87.1 Å². The lowest BCUT2D eigenvalue weighted by Gasteiger charge is -2.23. The number of nitrogens with one attached hydrogen (secondary N) is 2. The molecule has 139 heavy (non-hydrogen) atoms. The topological polar surface area (TPSA) is 408 Å². The third kappa shape index (κ3) is 26.3. The van der Waals surface area contributed by atoms with Gasteiger partial charge in [-0.2, -0.15) is 26.3 Å². The molecule has 0 bridgehead atoms. The number of nitrogens with zero attached hydrogens (tertiary/aromatic N) is 7. The summed E-state index contributed by atoms with van der Waals surface area (Å²) in [6, 6.07) is 56.6. The molecule has 0 spiro atoms. The van der Waals surface area contributed by atoms with E-state index in [-0.39, 0.29) is 111 Å². The number of ether oxygens (including phenoxy) is 3. The van der Waals surface area contributed by atoms with Crippen LogP contribution in [0.3, 0.4) is 0 Å². The Hall–Kier alpha value is -15.3. The molecule has 0 saturated heterocycles. The molecule has 1 aliphatic carbocycles. The second-order valence-corrected chi connectivity index (χ2v) is 34.4. The fourth-order valence-corrected chi connectivity index (χ4v) is 16.3. The molecule has 1 aliphatic rings. The number of pyridine rings is 3. The average molecular weight is 1930 g/mol. The molecule has 15 aromatic rings. The van der Waals surface area contributed by atoms with Crippen LogP contribution in [-0.4, -0.2) is 143 Å². The van der Waals surface area contributed by atoms with Gasteiger partial charge in [0, 0.05) is 88.3 Å². The fraction of sp³-hybridized carbons (Fsp3) is 0.235. The van der Waals surface area contributed by atoms with Gasteiger partial charge in [0.1, 0.15) is 53.6 Å². The lowest BCUT2D eigenvalue weighted by Crippen LogP contribution is -2.28. The van der Waals surface area contributed by atoms with Gasteiger partial charge in [-0.15, -0.1) is 0 Å². The van der Waals surface area contributed by atoms with Gasteiger partial charge in [-0.3, -0.25) is 67.5 Å². The fourth-order valence-electron chi connectivity index (χ4n) is 15.4. The lowest BCUT2D eigenvalue weighted by molar-refractivity contribution is -0.139. The number of aromatic nitrogens is 7. The molecule has 16 rings (SSSR count). The van der Waals surface area contributed by atoms with Crippen LogP contribution in [0.1, 0.15) is 136 Å². The number of aryl methyl sites for hydroxylation is 3. The molecule has 37 heteroatoms. The molecule has 1 fully saturated rings. The first-order valence-corrected chi connectivity index (χ1v) is 45.4. The van der Waals surface area contributed by atoms with E-state index in [4.69, 9.17) is 44.9 Å². The van der Waals surface area contributed by atoms with Gasteiger partial charge >= 0.3 is 12.4 Å². The minimum atomic E-state index is -4.50. The summed E-state index contributed by atoms with van der Waals surface area (Å²) in [6.07, 6.45) is 5.45. The Bertz CT molecular complexity index is 7530. The van der Waals surface area contributed by atoms with Gasteiger partial charge in [-0.25, -0.2) is 33.7 Å². The minimum absolute atomic E-state index is 0.000604. The monoisotopic (exact) mass is 1930 g/mol. The third-order valence-corrected chi connectivity index (χ3v) is 24.0. The number of alkyl halides is 6. The van der Waals surface area contributed by atoms with Crippen LogP contribution in [0, 0.1) is 18.7 Å². The van der Waals surface area contributed by atoms with Crippen molar-refractivity contribution < 1.29 is 103 Å². The van der Waals surface area contributed by atoms with Crippen LogP contribution in [0.15, 0.2) is 278 Å². The molecular formula is C102H94F7N9O20S. The van der Waals surface area contributed by atoms with Gasteiger partial charge in [-0.05, 0) is 191 Å². The number of hydroxylamine groups is 2. The predicted molar refractivity (Wildman–Crippen MR) is 504 cm³/mol. The summed E-state index contributed by atoms with van der Waals surface area (Å²) in [5.74, 6) is -1.39. The van der Waals surface area contributed by atoms with Crippen molar-refractivity contribution >= 4 is 93.1 Å². The van der Waals surface area contributed by atoms with Crippen LogP contribution >= 0.6 is 0 Å². The number of sulfone groups is 1. The van der Waals surface area contributed by atoms with Gasteiger partial charge in [0.05, 0.1) is 79.2 Å². The van der Waals surface area contributed by atoms with Gasteiger partial charge < -0.3 is 43.2 Å². The van der Waals surface area contributed by atoms with Gasteiger partial charge in [-0.1, -0.05) is 129 Å². The zero-order valence-electron chi connectivity index (χ0n) is 75.0. The molecule has 7 N–H and O–H groups in total. The summed E-state index contributed by atoms with van der Waals surface area (Å²) in [5, 5.41) is 48.3. The Balaban J connectivity index is 0.000000156. The summed E-state index contributed by atoms with van der Waals surface area (Å²) >= 11 is 0. The van der Waals surface area contributed by atoms with E-state index >= 15 is 0 Å². The number of fused-ring (bicyclic) bond motifs is 5. The predicted octanol–water partition coefficient (Wildman–Crippen LogP) is 14.7. The number of aliphatic hydroxyl groups is 3. The molecule has 1 saturated carbocycles. The largest absolute Gasteiger partial charge is 0.497 e. The SMILES string of the molecule is COc1cccc(Cn2cnc3ccc(C(=O)NO)cc3c2=O)c1.CS(=O)(=O)c1ccccc1OCCCn1ccc2ccc(C(=O)CO)cc2c1=O.Cc1ccc(Cn2ccc3ccc(C(=O)NO)cc3c2=O)cc1F.O=C(CO)c1ccc2c(=O)n(Cc3ccc(C(F)(F)F)cc3)c(CC3CCCCC3)nc2c1.O=C(CO)c1ccc2ccn(CCCOc3ccccc3C(F)(F)F)c(=O)c2c1. The molecule has 10 aromatic carbocycles. The first-order valence-electron chi connectivity index (χ1n) is 43.5. The number of ketones is 3. The Labute approximate surface area is 787 Å². The van der Waals surface area contributed by atoms with E-state index in [1.54, 1.807) is 122 Å². The first kappa shape index (κ1) is 103. The van der Waals surface area contributed by atoms with Crippen molar-refractivity contribution in [3.63, 3.8) is 0 Å². The smallest absolute Gasteiger partial charge is 0.419 e. The highest BCUT2D eigenvalue weighted by Crippen LogP contribution is 2.37. The van der Waals surface area contributed by atoms with Crippen LogP contribution in [-0.2, 0) is 61.3 Å². The van der Waals surface area contributed by atoms with E-state index in [1.165, 1.54) is 139 Å². The summed E-state index contributed by atoms with van der Waals surface area (Å²) in [5.41, 5.74) is 4.80. The number of carbonyl (C=O) groups excluding carboxylic acids is 5. The molecule has 5 aromatic heterocycles. The molecule has 0 radical (unpaired) electrons. The molecule has 0 aliphatic heterocycles. The number of methoxy groups -OCH3 is 1. The maximum atomic E-state index is 13.7. The third-order valence-electron chi connectivity index (χ3n) is 22.9. The first-order chi connectivity index (χ1) is 66.5. The van der Waals surface area contributed by atoms with E-state index < -0.39 is 82.3 Å². The molecule has 2 amide bonds. The molecule has 29 nitrogen and oxygen atoms in total. The van der Waals surface area contributed by atoms with Crippen LogP contribution in [0.5, 0.6) is 17.2 Å². The van der Waals surface area contributed by atoms with Crippen molar-refractivity contribution in [1.29, 1.82) is 0 Å². The van der Waals surface area contributed by atoms with Crippen LogP contribution in [0.4, 0.5) is 30.7 Å². The Morgan fingerprint density at radius 2 is 0.950 bits per heavy atom. The van der Waals surface area contributed by atoms with Gasteiger partial charge in [0.25, 0.3) is 39.6 Å². The highest BCUT2D eigenvalue weighted by molar-refractivity contribution is 7.90. The van der Waals surface area contributed by atoms with Crippen molar-refractivity contribution in [3.05, 3.63) is 374 Å². The zero-order valence-corrected chi connectivity index (χ0v) is 75.8. The Kier molecular flexibility index (Phi) is 34.4. The minimum Gasteiger partial charge on any atom is -0.497 e. The summed E-state index contributed by atoms with van der Waals surface area (Å²) in [7, 11) is -1.81. The van der Waals surface area contributed by atoms with Gasteiger partial charge in [0.2, 0.25) is 0 Å². The van der Waals surface area contributed by atoms with E-state index in [1.807, 2.05) is 24.3 Å². The number of rotatable bonds is 28. The quantitative estimate of drug-likeness (QED) is 0.00787. The Morgan fingerprint density at radius 3 is 1.50 bits per heavy atom. The number of aliphatic hydroxyl groups excluding tert-OH is 3. The van der Waals surface area contributed by atoms with Crippen LogP contribution < -0.4 is 53.0 Å². The lowest BCUT2D eigenvalue weighted by atomic mass is 9.86. The second kappa shape index (κ2) is 46.5. The standard InChI is InChI=1S/C25H25F3N2O3.C21H18F3NO4.C21H21NO6S.C18H15FN2O3.C17H15N3O4/c26-25(27,28)19-9-6-17(7-10-19)14-30-23(12-16-4-2-1-3-5-16)29-21-13-18(22(32)15-31)8-11-20(21)24(30)33;22-21(23,24)17-4-1-2-5-19(17)29-11-3-9-25-10-8-14-6-7-15(18(27)13-26)12-16(14)20(25)28;1-29(26,27)20-6-3-2-5-19(20)28-12-4-10-22-11-9-15-7-8-16(18(24)14-23)13-17(15)21(22)25;1-11-2-3-12(8-16(11)19)10-21-7-6-13-4-5-14(17(22)20-24)9-15(13)18(21)23;1-24-13-4-2-3-11(7-13)9-20-10-18-15-6-5-12(16(21)19-23)8-14(15)17(20)22/h6-11,13,16,31H,1-5,12,14-15H2;1-2,4-8,10,12,26H,3,9,11,13H2;2-3,5-9,11,13,23H,4,10,12,14H2,1H3;2-9,24H,10H2,1H3,(H,20,22);2-8,10,23H,9H2,1H3,(H,19,21). The number of carbonyl (C=O) groups is 5. The Morgan fingerprint density at radius 1 is 0.468 bits per heavy atom. The second-order valence-electron chi connectivity index (χ2n) is 32.4. The van der Waals surface area contributed by atoms with E-state index in [2.05, 4.69) is 4.98 Å². The summed E-state index contributed by atoms with van der Waals surface area (Å²) in [4.78, 5) is 131. The summed E-state index contributed by atoms with van der Waals surface area (Å²) < 4.78 is 138. The van der Waals surface area contributed by atoms with Crippen LogP contribution in [0.2, 0.25) is 0 Å². The number of halogens is 7. The van der Waals surface area contributed by atoms with Crippen molar-refractivity contribution in [2.24, 2.45) is 5.92 Å². The molecule has 5 heterocycles. The van der Waals surface area contributed by atoms with Crippen LogP contribution in [0.25, 0.3) is 54.1 Å². The number of Topliss-reactive ketones (excluding diaryl/α,β-unsaturated/α-hetero) is 3. The summed E-state index contributed by atoms with van der Waals surface area (Å²) in [6.45, 7) is 1.29. The highest BCUT2D eigenvalue weighted by Gasteiger charge is 2.35. The maximum absolute atomic E-state index is 13.7.